The Labute approximate surface area is 152 Å². The van der Waals surface area contributed by atoms with Gasteiger partial charge < -0.3 is 10.1 Å². The number of carbonyl (C=O) groups excluding carboxylic acids is 1. The zero-order valence-corrected chi connectivity index (χ0v) is 15.0. The van der Waals surface area contributed by atoms with Crippen LogP contribution in [0.2, 0.25) is 0 Å². The molecule has 4 heterocycles. The van der Waals surface area contributed by atoms with Crippen molar-refractivity contribution < 1.29 is 9.53 Å². The molecule has 0 unspecified atom stereocenters. The minimum Gasteiger partial charge on any atom is -0.363 e. The molecule has 2 aliphatic rings. The van der Waals surface area contributed by atoms with Gasteiger partial charge in [-0.15, -0.1) is 0 Å². The Balaban J connectivity index is 1.29. The molecule has 3 atom stereocenters. The van der Waals surface area contributed by atoms with Gasteiger partial charge in [0.05, 0.1) is 6.10 Å². The summed E-state index contributed by atoms with van der Waals surface area (Å²) < 4.78 is 6.14. The lowest BCUT2D eigenvalue weighted by molar-refractivity contribution is -0.144. The number of pyridine rings is 1. The van der Waals surface area contributed by atoms with E-state index in [1.165, 1.54) is 5.56 Å². The Morgan fingerprint density at radius 2 is 2.28 bits per heavy atom. The highest BCUT2D eigenvalue weighted by Gasteiger charge is 2.41. The van der Waals surface area contributed by atoms with Crippen LogP contribution in [0, 0.1) is 0 Å². The van der Waals surface area contributed by atoms with E-state index in [-0.39, 0.29) is 18.1 Å². The van der Waals surface area contributed by atoms with Crippen molar-refractivity contribution in [2.45, 2.75) is 50.6 Å². The van der Waals surface area contributed by atoms with E-state index in [0.29, 0.717) is 12.6 Å². The van der Waals surface area contributed by atoms with Gasteiger partial charge in [-0.25, -0.2) is 0 Å². The number of thiophene rings is 1. The maximum Gasteiger partial charge on any atom is 0.249 e. The van der Waals surface area contributed by atoms with E-state index in [0.717, 1.165) is 37.9 Å². The molecule has 2 aromatic rings. The number of fused-ring (bicyclic) bond motifs is 1. The van der Waals surface area contributed by atoms with E-state index in [2.05, 4.69) is 32.0 Å². The van der Waals surface area contributed by atoms with Crippen molar-refractivity contribution in [1.82, 2.24) is 15.2 Å². The molecule has 5 nitrogen and oxygen atoms in total. The lowest BCUT2D eigenvalue weighted by atomic mass is 9.98. The Bertz CT molecular complexity index is 692. The first-order valence-electron chi connectivity index (χ1n) is 8.87. The number of rotatable bonds is 5. The van der Waals surface area contributed by atoms with E-state index in [1.54, 1.807) is 23.7 Å². The molecule has 0 radical (unpaired) electrons. The molecule has 2 aromatic heterocycles. The van der Waals surface area contributed by atoms with Crippen LogP contribution in [0.1, 0.15) is 30.4 Å². The summed E-state index contributed by atoms with van der Waals surface area (Å²) in [5.41, 5.74) is 2.38. The van der Waals surface area contributed by atoms with Crippen LogP contribution in [-0.2, 0) is 22.6 Å². The molecule has 132 valence electrons. The summed E-state index contributed by atoms with van der Waals surface area (Å²) in [5, 5.41) is 7.32. The van der Waals surface area contributed by atoms with Crippen LogP contribution in [0.25, 0.3) is 0 Å². The van der Waals surface area contributed by atoms with Crippen molar-refractivity contribution in [3.63, 3.8) is 0 Å². The fourth-order valence-corrected chi connectivity index (χ4v) is 4.49. The summed E-state index contributed by atoms with van der Waals surface area (Å²) in [6, 6.07) is 6.48. The number of amides is 1. The van der Waals surface area contributed by atoms with Crippen LogP contribution in [0.5, 0.6) is 0 Å². The van der Waals surface area contributed by atoms with Crippen LogP contribution in [0.4, 0.5) is 0 Å². The summed E-state index contributed by atoms with van der Waals surface area (Å²) in [5.74, 6) is -0.00131. The first-order valence-corrected chi connectivity index (χ1v) is 9.81. The van der Waals surface area contributed by atoms with Crippen molar-refractivity contribution in [3.05, 3.63) is 52.5 Å². The molecule has 2 fully saturated rings. The Kier molecular flexibility index (Phi) is 5.10. The molecule has 1 N–H and O–H groups in total. The summed E-state index contributed by atoms with van der Waals surface area (Å²) >= 11 is 1.74. The van der Waals surface area contributed by atoms with Crippen molar-refractivity contribution in [2.24, 2.45) is 0 Å². The van der Waals surface area contributed by atoms with Gasteiger partial charge in [-0.2, -0.15) is 11.3 Å². The van der Waals surface area contributed by atoms with Gasteiger partial charge in [0.1, 0.15) is 6.10 Å². The topological polar surface area (TPSA) is 54.5 Å². The molecule has 25 heavy (non-hydrogen) atoms. The second-order valence-corrected chi connectivity index (χ2v) is 7.56. The van der Waals surface area contributed by atoms with Crippen LogP contribution in [0.15, 0.2) is 41.4 Å². The molecule has 0 aromatic carbocycles. The lowest BCUT2D eigenvalue weighted by Crippen LogP contribution is -2.47. The maximum absolute atomic E-state index is 12.4. The van der Waals surface area contributed by atoms with E-state index in [4.69, 9.17) is 4.74 Å². The van der Waals surface area contributed by atoms with Gasteiger partial charge in [0.25, 0.3) is 0 Å². The van der Waals surface area contributed by atoms with Gasteiger partial charge >= 0.3 is 0 Å². The SMILES string of the molecule is O=C(NCc1cccnc1)[C@@H]1CC[C@@H]2[C@@H](CCN2Cc2ccsc2)O1. The quantitative estimate of drug-likeness (QED) is 0.894. The summed E-state index contributed by atoms with van der Waals surface area (Å²) in [6.45, 7) is 2.55. The van der Waals surface area contributed by atoms with Crippen molar-refractivity contribution in [2.75, 3.05) is 6.54 Å². The molecular weight excluding hydrogens is 334 g/mol. The summed E-state index contributed by atoms with van der Waals surface area (Å²) in [6.07, 6.45) is 6.20. The third-order valence-corrected chi connectivity index (χ3v) is 5.84. The second-order valence-electron chi connectivity index (χ2n) is 6.78. The predicted molar refractivity (Wildman–Crippen MR) is 97.1 cm³/mol. The third-order valence-electron chi connectivity index (χ3n) is 5.11. The minimum atomic E-state index is -0.320. The first kappa shape index (κ1) is 16.7. The Morgan fingerprint density at radius 1 is 1.32 bits per heavy atom. The van der Waals surface area contributed by atoms with Gasteiger partial charge in [0.15, 0.2) is 0 Å². The van der Waals surface area contributed by atoms with E-state index in [1.807, 2.05) is 12.1 Å². The van der Waals surface area contributed by atoms with Crippen LogP contribution in [0.3, 0.4) is 0 Å². The van der Waals surface area contributed by atoms with Crippen LogP contribution >= 0.6 is 11.3 Å². The molecular formula is C19H23N3O2S. The number of nitrogens with zero attached hydrogens (tertiary/aromatic N) is 2. The lowest BCUT2D eigenvalue weighted by Gasteiger charge is -2.35. The number of nitrogens with one attached hydrogen (secondary N) is 1. The van der Waals surface area contributed by atoms with Gasteiger partial charge in [0, 0.05) is 38.1 Å². The van der Waals surface area contributed by atoms with Crippen molar-refractivity contribution in [3.8, 4) is 0 Å². The van der Waals surface area contributed by atoms with Crippen molar-refractivity contribution >= 4 is 17.2 Å². The Morgan fingerprint density at radius 3 is 3.08 bits per heavy atom. The van der Waals surface area contributed by atoms with Gasteiger partial charge in [-0.3, -0.25) is 14.7 Å². The monoisotopic (exact) mass is 357 g/mol. The standard InChI is InChI=1S/C19H23N3O2S/c23-19(21-11-14-2-1-7-20-10-14)18-4-3-16-17(24-18)5-8-22(16)12-15-6-9-25-13-15/h1-2,6-7,9-10,13,16-18H,3-5,8,11-12H2,(H,21,23)/t16-,17-,18+/m1/s1. The number of hydrogen-bond acceptors (Lipinski definition) is 5. The van der Waals surface area contributed by atoms with E-state index >= 15 is 0 Å². The number of ether oxygens (including phenoxy) is 1. The van der Waals surface area contributed by atoms with Crippen molar-refractivity contribution in [1.29, 1.82) is 0 Å². The zero-order valence-electron chi connectivity index (χ0n) is 14.1. The molecule has 2 saturated heterocycles. The number of hydrogen-bond donors (Lipinski definition) is 1. The normalized spacial score (nSPS) is 26.3. The van der Waals surface area contributed by atoms with E-state index < -0.39 is 0 Å². The number of carbonyl (C=O) groups is 1. The fourth-order valence-electron chi connectivity index (χ4n) is 3.83. The zero-order chi connectivity index (χ0) is 17.1. The highest BCUT2D eigenvalue weighted by molar-refractivity contribution is 7.07. The summed E-state index contributed by atoms with van der Waals surface area (Å²) in [7, 11) is 0. The average Bonchev–Trinajstić information content (AvgIpc) is 3.31. The molecule has 0 saturated carbocycles. The molecule has 0 bridgehead atoms. The molecule has 4 rings (SSSR count). The molecule has 2 aliphatic heterocycles. The maximum atomic E-state index is 12.4. The highest BCUT2D eigenvalue weighted by Crippen LogP contribution is 2.32. The number of likely N-dealkylation sites (tertiary alicyclic amines) is 1. The third kappa shape index (κ3) is 3.92. The smallest absolute Gasteiger partial charge is 0.249 e. The molecule has 1 amide bonds. The summed E-state index contributed by atoms with van der Waals surface area (Å²) in [4.78, 5) is 19.0. The number of aromatic nitrogens is 1. The van der Waals surface area contributed by atoms with Gasteiger partial charge in [0.2, 0.25) is 5.91 Å². The fraction of sp³-hybridized carbons (Fsp3) is 0.474. The predicted octanol–water partition coefficient (Wildman–Crippen LogP) is 2.58. The highest BCUT2D eigenvalue weighted by atomic mass is 32.1. The second kappa shape index (κ2) is 7.64. The first-order chi connectivity index (χ1) is 12.3. The Hall–Kier alpha value is -1.76. The van der Waals surface area contributed by atoms with E-state index in [9.17, 15) is 4.79 Å². The minimum absolute atomic E-state index is 0.00131. The van der Waals surface area contributed by atoms with Gasteiger partial charge in [-0.05, 0) is 53.3 Å². The van der Waals surface area contributed by atoms with Crippen LogP contribution in [-0.4, -0.2) is 40.6 Å². The molecule has 0 aliphatic carbocycles. The average molecular weight is 357 g/mol. The van der Waals surface area contributed by atoms with Gasteiger partial charge in [-0.1, -0.05) is 6.07 Å². The molecule has 0 spiro atoms. The molecule has 6 heteroatoms. The largest absolute Gasteiger partial charge is 0.363 e. The van der Waals surface area contributed by atoms with Crippen LogP contribution < -0.4 is 5.32 Å².